The Bertz CT molecular complexity index is 414. The molecule has 0 spiro atoms. The van der Waals surface area contributed by atoms with Gasteiger partial charge in [-0.3, -0.25) is 9.98 Å². The molecule has 1 aliphatic rings. The minimum atomic E-state index is -0.355. The van der Waals surface area contributed by atoms with Gasteiger partial charge in [0.1, 0.15) is 11.4 Å². The SMILES string of the molecule is CCN1C(N)=NCC1(C)c1ccc(F)cn1. The quantitative estimate of drug-likeness (QED) is 0.814. The molecule has 5 heteroatoms. The van der Waals surface area contributed by atoms with Crippen LogP contribution in [0.4, 0.5) is 4.39 Å². The van der Waals surface area contributed by atoms with Crippen molar-refractivity contribution >= 4 is 5.96 Å². The summed E-state index contributed by atoms with van der Waals surface area (Å²) < 4.78 is 12.8. The summed E-state index contributed by atoms with van der Waals surface area (Å²) in [7, 11) is 0. The first kappa shape index (κ1) is 10.9. The fraction of sp³-hybridized carbons (Fsp3) is 0.455. The maximum absolute atomic E-state index is 12.8. The topological polar surface area (TPSA) is 54.5 Å². The van der Waals surface area contributed by atoms with E-state index in [1.165, 1.54) is 12.3 Å². The first-order valence-electron chi connectivity index (χ1n) is 5.27. The van der Waals surface area contributed by atoms with Crippen LogP contribution < -0.4 is 5.73 Å². The van der Waals surface area contributed by atoms with Gasteiger partial charge in [-0.15, -0.1) is 0 Å². The molecule has 2 N–H and O–H groups in total. The lowest BCUT2D eigenvalue weighted by atomic mass is 9.96. The van der Waals surface area contributed by atoms with Crippen molar-refractivity contribution in [2.24, 2.45) is 10.7 Å². The predicted molar refractivity (Wildman–Crippen MR) is 60.4 cm³/mol. The molecule has 2 rings (SSSR count). The van der Waals surface area contributed by atoms with Crippen LogP contribution in [0.1, 0.15) is 19.5 Å². The summed E-state index contributed by atoms with van der Waals surface area (Å²) in [6, 6.07) is 3.10. The molecule has 1 aromatic rings. The van der Waals surface area contributed by atoms with Crippen molar-refractivity contribution in [2.75, 3.05) is 13.1 Å². The molecule has 0 aromatic carbocycles. The Kier molecular flexibility index (Phi) is 2.53. The summed E-state index contributed by atoms with van der Waals surface area (Å²) in [5.74, 6) is 0.193. The second-order valence-electron chi connectivity index (χ2n) is 4.05. The third-order valence-electron chi connectivity index (χ3n) is 3.02. The first-order valence-corrected chi connectivity index (χ1v) is 5.27. The van der Waals surface area contributed by atoms with E-state index >= 15 is 0 Å². The highest BCUT2D eigenvalue weighted by Gasteiger charge is 2.39. The Labute approximate surface area is 94.0 Å². The van der Waals surface area contributed by atoms with Gasteiger partial charge in [0, 0.05) is 6.54 Å². The smallest absolute Gasteiger partial charge is 0.192 e. The molecule has 0 saturated heterocycles. The number of hydrogen-bond acceptors (Lipinski definition) is 4. The summed E-state index contributed by atoms with van der Waals surface area (Å²) in [4.78, 5) is 10.3. The molecule has 1 unspecified atom stereocenters. The van der Waals surface area contributed by atoms with Gasteiger partial charge in [0.05, 0.1) is 18.4 Å². The van der Waals surface area contributed by atoms with Gasteiger partial charge in [-0.1, -0.05) is 0 Å². The van der Waals surface area contributed by atoms with E-state index in [-0.39, 0.29) is 11.4 Å². The van der Waals surface area contributed by atoms with Gasteiger partial charge in [-0.2, -0.15) is 0 Å². The maximum atomic E-state index is 12.8. The van der Waals surface area contributed by atoms with Crippen molar-refractivity contribution in [2.45, 2.75) is 19.4 Å². The van der Waals surface area contributed by atoms with E-state index in [1.54, 1.807) is 6.07 Å². The normalized spacial score (nSPS) is 24.7. The van der Waals surface area contributed by atoms with Crippen molar-refractivity contribution in [3.8, 4) is 0 Å². The maximum Gasteiger partial charge on any atom is 0.192 e. The zero-order chi connectivity index (χ0) is 11.8. The monoisotopic (exact) mass is 222 g/mol. The van der Waals surface area contributed by atoms with Crippen molar-refractivity contribution in [1.82, 2.24) is 9.88 Å². The van der Waals surface area contributed by atoms with Gasteiger partial charge < -0.3 is 10.6 Å². The summed E-state index contributed by atoms with van der Waals surface area (Å²) in [6.07, 6.45) is 1.23. The first-order chi connectivity index (χ1) is 7.58. The predicted octanol–water partition coefficient (Wildman–Crippen LogP) is 1.09. The van der Waals surface area contributed by atoms with E-state index in [0.717, 1.165) is 12.2 Å². The van der Waals surface area contributed by atoms with Crippen molar-refractivity contribution in [1.29, 1.82) is 0 Å². The molecule has 0 fully saturated rings. The molecule has 4 nitrogen and oxygen atoms in total. The van der Waals surface area contributed by atoms with E-state index in [9.17, 15) is 4.39 Å². The van der Waals surface area contributed by atoms with Gasteiger partial charge in [-0.25, -0.2) is 4.39 Å². The Morgan fingerprint density at radius 2 is 2.31 bits per heavy atom. The van der Waals surface area contributed by atoms with Crippen molar-refractivity contribution < 1.29 is 4.39 Å². The van der Waals surface area contributed by atoms with Gasteiger partial charge in [0.2, 0.25) is 0 Å². The number of guanidine groups is 1. The molecule has 16 heavy (non-hydrogen) atoms. The van der Waals surface area contributed by atoms with Crippen LogP contribution in [0.3, 0.4) is 0 Å². The summed E-state index contributed by atoms with van der Waals surface area (Å²) in [5.41, 5.74) is 6.24. The zero-order valence-electron chi connectivity index (χ0n) is 9.44. The number of nitrogens with zero attached hydrogens (tertiary/aromatic N) is 3. The fourth-order valence-corrected chi connectivity index (χ4v) is 2.08. The van der Waals surface area contributed by atoms with Gasteiger partial charge in [-0.05, 0) is 26.0 Å². The van der Waals surface area contributed by atoms with Crippen LogP contribution in [0, 0.1) is 5.82 Å². The number of hydrogen-bond donors (Lipinski definition) is 1. The van der Waals surface area contributed by atoms with Crippen LogP contribution in [0.25, 0.3) is 0 Å². The molecule has 86 valence electrons. The zero-order valence-corrected chi connectivity index (χ0v) is 9.44. The van der Waals surface area contributed by atoms with Crippen molar-refractivity contribution in [3.05, 3.63) is 29.8 Å². The van der Waals surface area contributed by atoms with Crippen molar-refractivity contribution in [3.63, 3.8) is 0 Å². The van der Waals surface area contributed by atoms with E-state index in [4.69, 9.17) is 5.73 Å². The van der Waals surface area contributed by atoms with Crippen LogP contribution in [0.5, 0.6) is 0 Å². The lowest BCUT2D eigenvalue weighted by Crippen LogP contribution is -2.47. The summed E-state index contributed by atoms with van der Waals surface area (Å²) >= 11 is 0. The molecule has 0 saturated carbocycles. The number of pyridine rings is 1. The molecule has 1 aromatic heterocycles. The number of aliphatic imine (C=N–C) groups is 1. The van der Waals surface area contributed by atoms with Gasteiger partial charge in [0.25, 0.3) is 0 Å². The molecule has 1 atom stereocenters. The largest absolute Gasteiger partial charge is 0.370 e. The molecule has 0 bridgehead atoms. The number of likely N-dealkylation sites (N-methyl/N-ethyl adjacent to an activating group) is 1. The fourth-order valence-electron chi connectivity index (χ4n) is 2.08. The Hall–Kier alpha value is -1.65. The third kappa shape index (κ3) is 1.52. The molecule has 2 heterocycles. The lowest BCUT2D eigenvalue weighted by molar-refractivity contribution is 0.228. The highest BCUT2D eigenvalue weighted by Crippen LogP contribution is 2.30. The third-order valence-corrected chi connectivity index (χ3v) is 3.02. The summed E-state index contributed by atoms with van der Waals surface area (Å²) in [6.45, 7) is 5.34. The highest BCUT2D eigenvalue weighted by molar-refractivity contribution is 5.81. The Balaban J connectivity index is 2.36. The van der Waals surface area contributed by atoms with Crippen LogP contribution in [0.15, 0.2) is 23.3 Å². The number of nitrogens with two attached hydrogens (primary N) is 1. The van der Waals surface area contributed by atoms with Crippen LogP contribution in [-0.4, -0.2) is 28.9 Å². The van der Waals surface area contributed by atoms with Gasteiger partial charge in [0.15, 0.2) is 5.96 Å². The van der Waals surface area contributed by atoms with Gasteiger partial charge >= 0.3 is 0 Å². The number of rotatable bonds is 2. The molecular formula is C11H15FN4. The standard InChI is InChI=1S/C11H15FN4/c1-3-16-10(13)15-7-11(16,2)9-5-4-8(12)6-14-9/h4-6H,3,7H2,1-2H3,(H2,13,15). The molecule has 0 radical (unpaired) electrons. The molecule has 1 aliphatic heterocycles. The highest BCUT2D eigenvalue weighted by atomic mass is 19.1. The molecular weight excluding hydrogens is 207 g/mol. The van der Waals surface area contributed by atoms with Crippen LogP contribution in [-0.2, 0) is 5.54 Å². The van der Waals surface area contributed by atoms with E-state index < -0.39 is 0 Å². The lowest BCUT2D eigenvalue weighted by Gasteiger charge is -2.34. The number of aromatic nitrogens is 1. The Morgan fingerprint density at radius 1 is 1.56 bits per heavy atom. The van der Waals surface area contributed by atoms with E-state index in [0.29, 0.717) is 12.5 Å². The minimum absolute atomic E-state index is 0.331. The Morgan fingerprint density at radius 3 is 2.88 bits per heavy atom. The average Bonchev–Trinajstić information content (AvgIpc) is 2.56. The minimum Gasteiger partial charge on any atom is -0.370 e. The molecule has 0 amide bonds. The second-order valence-corrected chi connectivity index (χ2v) is 4.05. The molecule has 0 aliphatic carbocycles. The van der Waals surface area contributed by atoms with Crippen LogP contribution >= 0.6 is 0 Å². The van der Waals surface area contributed by atoms with E-state index in [2.05, 4.69) is 9.98 Å². The number of halogens is 1. The average molecular weight is 222 g/mol. The van der Waals surface area contributed by atoms with E-state index in [1.807, 2.05) is 18.7 Å². The second kappa shape index (κ2) is 3.73. The van der Waals surface area contributed by atoms with Crippen LogP contribution in [0.2, 0.25) is 0 Å². The summed E-state index contributed by atoms with van der Waals surface area (Å²) in [5, 5.41) is 0.